The van der Waals surface area contributed by atoms with Crippen molar-refractivity contribution >= 4 is 5.97 Å². The number of ether oxygens (including phenoxy) is 5. The van der Waals surface area contributed by atoms with E-state index in [-0.39, 0.29) is 25.0 Å². The molecule has 3 aromatic rings. The van der Waals surface area contributed by atoms with Gasteiger partial charge in [0.15, 0.2) is 24.7 Å². The van der Waals surface area contributed by atoms with Gasteiger partial charge in [-0.05, 0) is 37.1 Å². The summed E-state index contributed by atoms with van der Waals surface area (Å²) in [6.07, 6.45) is 0. The Balaban J connectivity index is 1.63. The largest absolute Gasteiger partial charge is 0.493 e. The number of methoxy groups -OCH3 is 3. The number of carbonyl (C=O) groups excluding carboxylic acids is 1. The van der Waals surface area contributed by atoms with Gasteiger partial charge >= 0.3 is 5.97 Å². The third kappa shape index (κ3) is 5.06. The SMILES string of the molecule is COc1cc(-c2nnc(COC(=O)COc3c(C)cccc3C)o2)cc(OC)c1OC. The topological polar surface area (TPSA) is 102 Å². The van der Waals surface area contributed by atoms with Crippen LogP contribution in [0.25, 0.3) is 11.5 Å². The lowest BCUT2D eigenvalue weighted by molar-refractivity contribution is -0.148. The minimum Gasteiger partial charge on any atom is -0.493 e. The second-order valence-electron chi connectivity index (χ2n) is 6.59. The number of hydrogen-bond acceptors (Lipinski definition) is 9. The highest BCUT2D eigenvalue weighted by Crippen LogP contribution is 2.40. The molecule has 0 N–H and O–H groups in total. The third-order valence-electron chi connectivity index (χ3n) is 4.48. The van der Waals surface area contributed by atoms with Crippen LogP contribution in [0.15, 0.2) is 34.7 Å². The zero-order valence-electron chi connectivity index (χ0n) is 18.1. The Hall–Kier alpha value is -3.75. The number of aromatic nitrogens is 2. The number of para-hydroxylation sites is 1. The van der Waals surface area contributed by atoms with Crippen LogP contribution in [0.3, 0.4) is 0 Å². The minimum absolute atomic E-state index is 0.143. The number of carbonyl (C=O) groups is 1. The number of aryl methyl sites for hydroxylation is 2. The summed E-state index contributed by atoms with van der Waals surface area (Å²) < 4.78 is 32.3. The Labute approximate surface area is 179 Å². The maximum absolute atomic E-state index is 12.0. The molecule has 0 unspecified atom stereocenters. The van der Waals surface area contributed by atoms with Crippen LogP contribution < -0.4 is 18.9 Å². The molecule has 0 aliphatic heterocycles. The van der Waals surface area contributed by atoms with Gasteiger partial charge in [-0.2, -0.15) is 0 Å². The van der Waals surface area contributed by atoms with Gasteiger partial charge in [0.1, 0.15) is 5.75 Å². The number of hydrogen-bond donors (Lipinski definition) is 0. The predicted molar refractivity (Wildman–Crippen MR) is 111 cm³/mol. The Morgan fingerprint density at radius 1 is 0.935 bits per heavy atom. The van der Waals surface area contributed by atoms with E-state index in [4.69, 9.17) is 28.1 Å². The van der Waals surface area contributed by atoms with Gasteiger partial charge in [-0.15, -0.1) is 10.2 Å². The summed E-state index contributed by atoms with van der Waals surface area (Å²) in [5.74, 6) is 1.84. The van der Waals surface area contributed by atoms with Gasteiger partial charge in [-0.1, -0.05) is 18.2 Å². The van der Waals surface area contributed by atoms with E-state index in [0.29, 0.717) is 28.6 Å². The van der Waals surface area contributed by atoms with Gasteiger partial charge in [0.2, 0.25) is 11.6 Å². The molecule has 0 saturated heterocycles. The van der Waals surface area contributed by atoms with Gasteiger partial charge in [0.25, 0.3) is 5.89 Å². The molecule has 0 spiro atoms. The van der Waals surface area contributed by atoms with E-state index in [1.165, 1.54) is 21.3 Å². The highest BCUT2D eigenvalue weighted by atomic mass is 16.6. The molecular weight excluding hydrogens is 404 g/mol. The van der Waals surface area contributed by atoms with Crippen molar-refractivity contribution in [2.75, 3.05) is 27.9 Å². The van der Waals surface area contributed by atoms with Crippen LogP contribution in [0.1, 0.15) is 17.0 Å². The zero-order valence-corrected chi connectivity index (χ0v) is 18.1. The molecule has 1 heterocycles. The lowest BCUT2D eigenvalue weighted by Crippen LogP contribution is -2.15. The molecule has 164 valence electrons. The van der Waals surface area contributed by atoms with E-state index >= 15 is 0 Å². The first-order chi connectivity index (χ1) is 15.0. The number of rotatable bonds is 9. The predicted octanol–water partition coefficient (Wildman–Crippen LogP) is 3.50. The molecule has 9 heteroatoms. The molecule has 3 rings (SSSR count). The molecule has 0 saturated carbocycles. The normalized spacial score (nSPS) is 10.5. The molecule has 2 aromatic carbocycles. The first-order valence-electron chi connectivity index (χ1n) is 9.44. The average molecular weight is 428 g/mol. The lowest BCUT2D eigenvalue weighted by atomic mass is 10.1. The van der Waals surface area contributed by atoms with Gasteiger partial charge in [0, 0.05) is 5.56 Å². The van der Waals surface area contributed by atoms with Gasteiger partial charge in [0.05, 0.1) is 21.3 Å². The van der Waals surface area contributed by atoms with Crippen LogP contribution in [0.2, 0.25) is 0 Å². The van der Waals surface area contributed by atoms with Crippen molar-refractivity contribution in [3.8, 4) is 34.5 Å². The van der Waals surface area contributed by atoms with E-state index in [2.05, 4.69) is 10.2 Å². The Morgan fingerprint density at radius 3 is 2.16 bits per heavy atom. The van der Waals surface area contributed by atoms with Crippen molar-refractivity contribution in [3.05, 3.63) is 47.3 Å². The van der Waals surface area contributed by atoms with Gasteiger partial charge < -0.3 is 28.1 Å². The summed E-state index contributed by atoms with van der Waals surface area (Å²) in [6.45, 7) is 3.43. The van der Waals surface area contributed by atoms with Gasteiger partial charge in [-0.25, -0.2) is 4.79 Å². The summed E-state index contributed by atoms with van der Waals surface area (Å²) in [5.41, 5.74) is 2.46. The fourth-order valence-corrected chi connectivity index (χ4v) is 2.97. The molecule has 0 aliphatic carbocycles. The molecule has 0 radical (unpaired) electrons. The van der Waals surface area contributed by atoms with E-state index in [9.17, 15) is 4.79 Å². The lowest BCUT2D eigenvalue weighted by Gasteiger charge is -2.12. The molecule has 31 heavy (non-hydrogen) atoms. The second-order valence-corrected chi connectivity index (χ2v) is 6.59. The monoisotopic (exact) mass is 428 g/mol. The highest BCUT2D eigenvalue weighted by Gasteiger charge is 2.18. The quantitative estimate of drug-likeness (QED) is 0.474. The average Bonchev–Trinajstić information content (AvgIpc) is 3.25. The molecule has 9 nitrogen and oxygen atoms in total. The summed E-state index contributed by atoms with van der Waals surface area (Å²) in [6, 6.07) is 9.12. The van der Waals surface area contributed by atoms with E-state index in [1.54, 1.807) is 12.1 Å². The van der Waals surface area contributed by atoms with Crippen LogP contribution in [0, 0.1) is 13.8 Å². The summed E-state index contributed by atoms with van der Waals surface area (Å²) in [7, 11) is 4.55. The summed E-state index contributed by atoms with van der Waals surface area (Å²) in [5, 5.41) is 7.91. The molecular formula is C22H24N2O7. The van der Waals surface area contributed by atoms with Crippen LogP contribution >= 0.6 is 0 Å². The number of benzene rings is 2. The first-order valence-corrected chi connectivity index (χ1v) is 9.44. The number of esters is 1. The maximum atomic E-state index is 12.0. The van der Waals surface area contributed by atoms with Gasteiger partial charge in [-0.3, -0.25) is 0 Å². The van der Waals surface area contributed by atoms with E-state index < -0.39 is 5.97 Å². The fraction of sp³-hybridized carbons (Fsp3) is 0.318. The van der Waals surface area contributed by atoms with Crippen LogP contribution in [-0.2, 0) is 16.1 Å². The molecule has 0 aliphatic rings. The second kappa shape index (κ2) is 9.84. The molecule has 0 atom stereocenters. The standard InChI is InChI=1S/C22H24N2O7/c1-13-7-6-8-14(2)20(13)30-12-19(25)29-11-18-23-24-22(31-18)15-9-16(26-3)21(28-5)17(10-15)27-4/h6-10H,11-12H2,1-5H3. The first kappa shape index (κ1) is 21.9. The van der Waals surface area contributed by atoms with Crippen molar-refractivity contribution in [2.45, 2.75) is 20.5 Å². The zero-order chi connectivity index (χ0) is 22.4. The summed E-state index contributed by atoms with van der Waals surface area (Å²) >= 11 is 0. The molecule has 0 fully saturated rings. The smallest absolute Gasteiger partial charge is 0.344 e. The number of nitrogens with zero attached hydrogens (tertiary/aromatic N) is 2. The van der Waals surface area contributed by atoms with E-state index in [0.717, 1.165) is 11.1 Å². The fourth-order valence-electron chi connectivity index (χ4n) is 2.97. The van der Waals surface area contributed by atoms with Crippen LogP contribution in [0.5, 0.6) is 23.0 Å². The van der Waals surface area contributed by atoms with Crippen LogP contribution in [-0.4, -0.2) is 44.1 Å². The Kier molecular flexibility index (Phi) is 6.96. The van der Waals surface area contributed by atoms with E-state index in [1.807, 2.05) is 32.0 Å². The molecule has 0 amide bonds. The van der Waals surface area contributed by atoms with Crippen molar-refractivity contribution in [1.29, 1.82) is 0 Å². The molecule has 1 aromatic heterocycles. The minimum atomic E-state index is -0.546. The Morgan fingerprint density at radius 2 is 1.58 bits per heavy atom. The Bertz CT molecular complexity index is 1020. The van der Waals surface area contributed by atoms with Crippen molar-refractivity contribution in [3.63, 3.8) is 0 Å². The molecule has 0 bridgehead atoms. The van der Waals surface area contributed by atoms with Crippen molar-refractivity contribution in [1.82, 2.24) is 10.2 Å². The van der Waals surface area contributed by atoms with Crippen molar-refractivity contribution < 1.29 is 32.9 Å². The maximum Gasteiger partial charge on any atom is 0.344 e. The van der Waals surface area contributed by atoms with Crippen LogP contribution in [0.4, 0.5) is 0 Å². The summed E-state index contributed by atoms with van der Waals surface area (Å²) in [4.78, 5) is 12.0. The third-order valence-corrected chi connectivity index (χ3v) is 4.48. The van der Waals surface area contributed by atoms with Crippen molar-refractivity contribution in [2.24, 2.45) is 0 Å². The highest BCUT2D eigenvalue weighted by molar-refractivity contribution is 5.71.